The van der Waals surface area contributed by atoms with Gasteiger partial charge in [0, 0.05) is 24.5 Å². The molecular formula is C13H16N4S. The Kier molecular flexibility index (Phi) is 3.94. The largest absolute Gasteiger partial charge is 0.332 e. The molecule has 0 saturated carbocycles. The standard InChI is InChI=1S/C13H16N4S/c1-3-17-9-8-12(16-17)15-13(18)14-11-7-5-4-6-10(11)2/h4-9H,3H2,1-2H3,(H2,14,15,16,18). The van der Waals surface area contributed by atoms with E-state index in [1.54, 1.807) is 0 Å². The molecule has 2 N–H and O–H groups in total. The minimum Gasteiger partial charge on any atom is -0.332 e. The Balaban J connectivity index is 1.99. The van der Waals surface area contributed by atoms with Crippen molar-refractivity contribution in [3.63, 3.8) is 0 Å². The molecule has 2 aromatic rings. The summed E-state index contributed by atoms with van der Waals surface area (Å²) in [5, 5.41) is 11.1. The first-order valence-electron chi connectivity index (χ1n) is 5.86. The van der Waals surface area contributed by atoms with Gasteiger partial charge in [-0.1, -0.05) is 18.2 Å². The molecule has 5 heteroatoms. The van der Waals surface area contributed by atoms with E-state index >= 15 is 0 Å². The molecule has 0 bridgehead atoms. The van der Waals surface area contributed by atoms with Crippen LogP contribution in [0.4, 0.5) is 11.5 Å². The molecule has 2 rings (SSSR count). The molecule has 0 unspecified atom stereocenters. The molecule has 0 spiro atoms. The monoisotopic (exact) mass is 260 g/mol. The highest BCUT2D eigenvalue weighted by atomic mass is 32.1. The van der Waals surface area contributed by atoms with Crippen LogP contribution in [0.1, 0.15) is 12.5 Å². The zero-order valence-electron chi connectivity index (χ0n) is 10.5. The summed E-state index contributed by atoms with van der Waals surface area (Å²) in [5.74, 6) is 0.753. The van der Waals surface area contributed by atoms with E-state index in [0.717, 1.165) is 23.6 Å². The van der Waals surface area contributed by atoms with Gasteiger partial charge in [-0.2, -0.15) is 5.10 Å². The highest BCUT2D eigenvalue weighted by Gasteiger charge is 2.02. The molecule has 94 valence electrons. The van der Waals surface area contributed by atoms with E-state index in [9.17, 15) is 0 Å². The first-order valence-corrected chi connectivity index (χ1v) is 6.27. The van der Waals surface area contributed by atoms with Crippen molar-refractivity contribution >= 4 is 28.8 Å². The number of benzene rings is 1. The first kappa shape index (κ1) is 12.6. The highest BCUT2D eigenvalue weighted by Crippen LogP contribution is 2.13. The van der Waals surface area contributed by atoms with Crippen molar-refractivity contribution in [3.05, 3.63) is 42.1 Å². The van der Waals surface area contributed by atoms with Crippen LogP contribution >= 0.6 is 12.2 Å². The summed E-state index contributed by atoms with van der Waals surface area (Å²) < 4.78 is 1.85. The molecule has 0 aliphatic rings. The number of nitrogens with one attached hydrogen (secondary N) is 2. The number of aromatic nitrogens is 2. The third-order valence-corrected chi connectivity index (χ3v) is 2.80. The van der Waals surface area contributed by atoms with E-state index in [-0.39, 0.29) is 0 Å². The summed E-state index contributed by atoms with van der Waals surface area (Å²) in [7, 11) is 0. The number of nitrogens with zero attached hydrogens (tertiary/aromatic N) is 2. The second-order valence-electron chi connectivity index (χ2n) is 3.95. The molecule has 0 saturated heterocycles. The van der Waals surface area contributed by atoms with E-state index in [2.05, 4.69) is 15.7 Å². The molecule has 0 atom stereocenters. The van der Waals surface area contributed by atoms with Crippen molar-refractivity contribution in [1.29, 1.82) is 0 Å². The summed E-state index contributed by atoms with van der Waals surface area (Å²) in [6.45, 7) is 4.93. The fraction of sp³-hybridized carbons (Fsp3) is 0.231. The lowest BCUT2D eigenvalue weighted by atomic mass is 10.2. The number of aryl methyl sites for hydroxylation is 2. The molecule has 4 nitrogen and oxygen atoms in total. The minimum atomic E-state index is 0.547. The van der Waals surface area contributed by atoms with Gasteiger partial charge in [-0.25, -0.2) is 0 Å². The Labute approximate surface area is 112 Å². The Bertz CT molecular complexity index is 547. The van der Waals surface area contributed by atoms with Gasteiger partial charge in [0.2, 0.25) is 0 Å². The smallest absolute Gasteiger partial charge is 0.176 e. The lowest BCUT2D eigenvalue weighted by Gasteiger charge is -2.10. The van der Waals surface area contributed by atoms with Crippen LogP contribution in [0, 0.1) is 6.92 Å². The van der Waals surface area contributed by atoms with Crippen molar-refractivity contribution in [3.8, 4) is 0 Å². The summed E-state index contributed by atoms with van der Waals surface area (Å²) in [6.07, 6.45) is 1.92. The van der Waals surface area contributed by atoms with Crippen LogP contribution in [0.2, 0.25) is 0 Å². The van der Waals surface area contributed by atoms with Gasteiger partial charge in [0.15, 0.2) is 10.9 Å². The summed E-state index contributed by atoms with van der Waals surface area (Å²) in [4.78, 5) is 0. The highest BCUT2D eigenvalue weighted by molar-refractivity contribution is 7.80. The fourth-order valence-corrected chi connectivity index (χ4v) is 1.80. The van der Waals surface area contributed by atoms with Crippen molar-refractivity contribution in [2.45, 2.75) is 20.4 Å². The predicted octanol–water partition coefficient (Wildman–Crippen LogP) is 3.02. The van der Waals surface area contributed by atoms with E-state index < -0.39 is 0 Å². The number of para-hydroxylation sites is 1. The molecular weight excluding hydrogens is 244 g/mol. The SMILES string of the molecule is CCn1ccc(NC(=S)Nc2ccccc2C)n1. The molecule has 1 aromatic heterocycles. The van der Waals surface area contributed by atoms with Gasteiger partial charge < -0.3 is 10.6 Å². The van der Waals surface area contributed by atoms with Crippen LogP contribution in [0.3, 0.4) is 0 Å². The van der Waals surface area contributed by atoms with Crippen LogP contribution in [0.25, 0.3) is 0 Å². The Morgan fingerprint density at radius 2 is 2.06 bits per heavy atom. The van der Waals surface area contributed by atoms with Crippen LogP contribution in [-0.2, 0) is 6.54 Å². The van der Waals surface area contributed by atoms with Crippen LogP contribution < -0.4 is 10.6 Å². The van der Waals surface area contributed by atoms with Crippen molar-refractivity contribution < 1.29 is 0 Å². The van der Waals surface area contributed by atoms with Gasteiger partial charge in [0.25, 0.3) is 0 Å². The number of thiocarbonyl (C=S) groups is 1. The minimum absolute atomic E-state index is 0.547. The quantitative estimate of drug-likeness (QED) is 0.832. The third kappa shape index (κ3) is 3.07. The second-order valence-corrected chi connectivity index (χ2v) is 4.36. The lowest BCUT2D eigenvalue weighted by Crippen LogP contribution is -2.20. The molecule has 0 radical (unpaired) electrons. The molecule has 0 aliphatic heterocycles. The lowest BCUT2D eigenvalue weighted by molar-refractivity contribution is 0.662. The topological polar surface area (TPSA) is 41.9 Å². The Morgan fingerprint density at radius 1 is 1.28 bits per heavy atom. The van der Waals surface area contributed by atoms with E-state index in [0.29, 0.717) is 5.11 Å². The van der Waals surface area contributed by atoms with Crippen LogP contribution in [0.15, 0.2) is 36.5 Å². The van der Waals surface area contributed by atoms with Gasteiger partial charge in [0.05, 0.1) is 0 Å². The van der Waals surface area contributed by atoms with Gasteiger partial charge in [0.1, 0.15) is 0 Å². The number of hydrogen-bond acceptors (Lipinski definition) is 2. The average molecular weight is 260 g/mol. The van der Waals surface area contributed by atoms with Crippen molar-refractivity contribution in [2.24, 2.45) is 0 Å². The molecule has 1 heterocycles. The Hall–Kier alpha value is -1.88. The molecule has 1 aromatic carbocycles. The zero-order valence-corrected chi connectivity index (χ0v) is 11.3. The normalized spacial score (nSPS) is 10.1. The van der Waals surface area contributed by atoms with E-state index in [1.165, 1.54) is 0 Å². The van der Waals surface area contributed by atoms with Gasteiger partial charge in [-0.05, 0) is 37.7 Å². The molecule has 0 fully saturated rings. The maximum absolute atomic E-state index is 5.25. The summed E-state index contributed by atoms with van der Waals surface area (Å²) in [5.41, 5.74) is 2.16. The zero-order chi connectivity index (χ0) is 13.0. The fourth-order valence-electron chi connectivity index (χ4n) is 1.59. The first-order chi connectivity index (χ1) is 8.69. The Morgan fingerprint density at radius 3 is 2.72 bits per heavy atom. The summed E-state index contributed by atoms with van der Waals surface area (Å²) in [6, 6.07) is 9.91. The average Bonchev–Trinajstić information content (AvgIpc) is 2.80. The maximum Gasteiger partial charge on any atom is 0.176 e. The predicted molar refractivity (Wildman–Crippen MR) is 78.9 cm³/mol. The van der Waals surface area contributed by atoms with Gasteiger partial charge in [-0.15, -0.1) is 0 Å². The number of hydrogen-bond donors (Lipinski definition) is 2. The van der Waals surface area contributed by atoms with Crippen LogP contribution in [0.5, 0.6) is 0 Å². The maximum atomic E-state index is 5.25. The molecule has 18 heavy (non-hydrogen) atoms. The van der Waals surface area contributed by atoms with E-state index in [1.807, 2.05) is 55.1 Å². The summed E-state index contributed by atoms with van der Waals surface area (Å²) >= 11 is 5.25. The van der Waals surface area contributed by atoms with E-state index in [4.69, 9.17) is 12.2 Å². The van der Waals surface area contributed by atoms with Gasteiger partial charge >= 0.3 is 0 Å². The van der Waals surface area contributed by atoms with Crippen molar-refractivity contribution in [2.75, 3.05) is 10.6 Å². The van der Waals surface area contributed by atoms with Crippen LogP contribution in [-0.4, -0.2) is 14.9 Å². The van der Waals surface area contributed by atoms with Gasteiger partial charge in [-0.3, -0.25) is 4.68 Å². The molecule has 0 amide bonds. The number of rotatable bonds is 3. The second kappa shape index (κ2) is 5.64. The third-order valence-electron chi connectivity index (χ3n) is 2.60. The molecule has 0 aliphatic carbocycles. The number of anilines is 2. The van der Waals surface area contributed by atoms with Crippen molar-refractivity contribution in [1.82, 2.24) is 9.78 Å².